The molecule has 0 unspecified atom stereocenters. The first-order valence-corrected chi connectivity index (χ1v) is 6.23. The van der Waals surface area contributed by atoms with Gasteiger partial charge < -0.3 is 9.84 Å². The Labute approximate surface area is 108 Å². The Kier molecular flexibility index (Phi) is 6.65. The van der Waals surface area contributed by atoms with Crippen LogP contribution in [0.15, 0.2) is 0 Å². The lowest BCUT2D eigenvalue weighted by Crippen LogP contribution is -2.31. The summed E-state index contributed by atoms with van der Waals surface area (Å²) in [6.45, 7) is 8.01. The highest BCUT2D eigenvalue weighted by Crippen LogP contribution is 2.41. The largest absolute Gasteiger partial charge is 0.396 e. The molecule has 0 fully saturated rings. The highest BCUT2D eigenvalue weighted by molar-refractivity contribution is 4.81. The molecule has 0 amide bonds. The van der Waals surface area contributed by atoms with Crippen LogP contribution in [-0.4, -0.2) is 31.1 Å². The van der Waals surface area contributed by atoms with Gasteiger partial charge in [-0.2, -0.15) is 13.2 Å². The van der Waals surface area contributed by atoms with E-state index in [4.69, 9.17) is 9.84 Å². The van der Waals surface area contributed by atoms with Crippen molar-refractivity contribution in [2.24, 2.45) is 10.8 Å². The lowest BCUT2D eigenvalue weighted by molar-refractivity contribution is -0.158. The molecule has 0 rings (SSSR count). The summed E-state index contributed by atoms with van der Waals surface area (Å²) in [5.74, 6) is 0. The zero-order chi connectivity index (χ0) is 14.4. The summed E-state index contributed by atoms with van der Waals surface area (Å²) in [5, 5.41) is 8.60. The van der Waals surface area contributed by atoms with Crippen LogP contribution in [-0.2, 0) is 4.74 Å². The van der Waals surface area contributed by atoms with Crippen LogP contribution in [0.2, 0.25) is 0 Å². The van der Waals surface area contributed by atoms with E-state index in [0.717, 1.165) is 0 Å². The Morgan fingerprint density at radius 1 is 0.944 bits per heavy atom. The summed E-state index contributed by atoms with van der Waals surface area (Å²) in [4.78, 5) is 0. The Hall–Kier alpha value is -0.290. The van der Waals surface area contributed by atoms with Crippen molar-refractivity contribution in [3.63, 3.8) is 0 Å². The molecule has 0 saturated heterocycles. The van der Waals surface area contributed by atoms with E-state index >= 15 is 0 Å². The Morgan fingerprint density at radius 2 is 1.50 bits per heavy atom. The number of halogens is 3. The van der Waals surface area contributed by atoms with E-state index in [1.807, 2.05) is 13.8 Å². The molecular formula is C13H25F3O2. The Balaban J connectivity index is 4.20. The van der Waals surface area contributed by atoms with Crippen molar-refractivity contribution in [1.82, 2.24) is 0 Å². The molecule has 5 heteroatoms. The highest BCUT2D eigenvalue weighted by atomic mass is 19.4. The monoisotopic (exact) mass is 270 g/mol. The fourth-order valence-electron chi connectivity index (χ4n) is 2.47. The molecule has 1 N–H and O–H groups in total. The first-order valence-electron chi connectivity index (χ1n) is 6.23. The maximum Gasteiger partial charge on any atom is 0.389 e. The third-order valence-corrected chi connectivity index (χ3v) is 2.58. The van der Waals surface area contributed by atoms with Gasteiger partial charge in [0.25, 0.3) is 0 Å². The number of aliphatic hydroxyl groups is 1. The minimum absolute atomic E-state index is 0.0694. The van der Waals surface area contributed by atoms with Gasteiger partial charge in [-0.25, -0.2) is 0 Å². The molecule has 0 aromatic carbocycles. The summed E-state index contributed by atoms with van der Waals surface area (Å²) in [6, 6.07) is 0. The number of ether oxygens (including phenoxy) is 1. The zero-order valence-electron chi connectivity index (χ0n) is 11.7. The number of hydrogen-bond donors (Lipinski definition) is 1. The highest BCUT2D eigenvalue weighted by Gasteiger charge is 2.39. The van der Waals surface area contributed by atoms with Crippen LogP contribution in [0.25, 0.3) is 0 Å². The third-order valence-electron chi connectivity index (χ3n) is 2.58. The van der Waals surface area contributed by atoms with E-state index in [-0.39, 0.29) is 12.0 Å². The average Bonchev–Trinajstić information content (AvgIpc) is 2.06. The van der Waals surface area contributed by atoms with Crippen LogP contribution in [0.5, 0.6) is 0 Å². The minimum atomic E-state index is -4.13. The van der Waals surface area contributed by atoms with Gasteiger partial charge in [0.15, 0.2) is 0 Å². The maximum atomic E-state index is 12.4. The maximum absolute atomic E-state index is 12.4. The molecule has 0 aliphatic carbocycles. The van der Waals surface area contributed by atoms with E-state index < -0.39 is 18.0 Å². The van der Waals surface area contributed by atoms with Crippen molar-refractivity contribution in [3.05, 3.63) is 0 Å². The molecule has 0 aliphatic heterocycles. The van der Waals surface area contributed by atoms with Gasteiger partial charge in [0, 0.05) is 19.6 Å². The summed E-state index contributed by atoms with van der Waals surface area (Å²) in [7, 11) is 0. The van der Waals surface area contributed by atoms with Crippen LogP contribution in [0.1, 0.15) is 47.0 Å². The Bertz CT molecular complexity index is 235. The van der Waals surface area contributed by atoms with Crippen LogP contribution < -0.4 is 0 Å². The first-order chi connectivity index (χ1) is 7.97. The van der Waals surface area contributed by atoms with Crippen LogP contribution in [0.3, 0.4) is 0 Å². The second kappa shape index (κ2) is 6.75. The van der Waals surface area contributed by atoms with Gasteiger partial charge >= 0.3 is 6.18 Å². The van der Waals surface area contributed by atoms with Crippen molar-refractivity contribution in [1.29, 1.82) is 0 Å². The van der Waals surface area contributed by atoms with Crippen molar-refractivity contribution < 1.29 is 23.0 Å². The predicted molar refractivity (Wildman–Crippen MR) is 65.4 cm³/mol. The van der Waals surface area contributed by atoms with Crippen molar-refractivity contribution >= 4 is 0 Å². The molecule has 2 nitrogen and oxygen atoms in total. The van der Waals surface area contributed by atoms with Gasteiger partial charge in [-0.05, 0) is 23.7 Å². The third kappa shape index (κ3) is 9.71. The predicted octanol–water partition coefficient (Wildman–Crippen LogP) is 3.78. The first kappa shape index (κ1) is 17.7. The van der Waals surface area contributed by atoms with E-state index in [2.05, 4.69) is 0 Å². The van der Waals surface area contributed by atoms with Gasteiger partial charge in [-0.15, -0.1) is 0 Å². The summed E-state index contributed by atoms with van der Waals surface area (Å²) >= 11 is 0. The van der Waals surface area contributed by atoms with Crippen LogP contribution >= 0.6 is 0 Å². The van der Waals surface area contributed by atoms with Gasteiger partial charge in [-0.3, -0.25) is 0 Å². The molecule has 0 aromatic heterocycles. The second-order valence-corrected chi connectivity index (χ2v) is 6.43. The van der Waals surface area contributed by atoms with E-state index in [1.54, 1.807) is 13.8 Å². The molecule has 18 heavy (non-hydrogen) atoms. The van der Waals surface area contributed by atoms with Gasteiger partial charge in [0.2, 0.25) is 0 Å². The van der Waals surface area contributed by atoms with E-state index in [1.165, 1.54) is 0 Å². The SMILES string of the molecule is CC(C)(COCCCO)CC(C)(C)CC(F)(F)F. The number of aliphatic hydroxyl groups excluding tert-OH is 1. The summed E-state index contributed by atoms with van der Waals surface area (Å²) < 4.78 is 42.6. The lowest BCUT2D eigenvalue weighted by atomic mass is 9.73. The van der Waals surface area contributed by atoms with Crippen LogP contribution in [0, 0.1) is 10.8 Å². The molecule has 0 radical (unpaired) electrons. The minimum Gasteiger partial charge on any atom is -0.396 e. The fraction of sp³-hybridized carbons (Fsp3) is 1.00. The topological polar surface area (TPSA) is 29.5 Å². The van der Waals surface area contributed by atoms with E-state index in [0.29, 0.717) is 26.1 Å². The quantitative estimate of drug-likeness (QED) is 0.680. The molecule has 0 spiro atoms. The standard InChI is InChI=1S/C13H25F3O2/c1-11(2,9-13(14,15)16)8-12(3,4)10-18-7-5-6-17/h17H,5-10H2,1-4H3. The molecule has 0 bridgehead atoms. The average molecular weight is 270 g/mol. The number of rotatable bonds is 8. The van der Waals surface area contributed by atoms with Crippen molar-refractivity contribution in [3.8, 4) is 0 Å². The molecule has 0 atom stereocenters. The van der Waals surface area contributed by atoms with Crippen molar-refractivity contribution in [2.45, 2.75) is 53.1 Å². The molecule has 0 aromatic rings. The summed E-state index contributed by atoms with van der Waals surface area (Å²) in [5.41, 5.74) is -1.09. The second-order valence-electron chi connectivity index (χ2n) is 6.43. The molecule has 0 aliphatic rings. The molecule has 110 valence electrons. The Morgan fingerprint density at radius 3 is 1.94 bits per heavy atom. The number of alkyl halides is 3. The molecular weight excluding hydrogens is 245 g/mol. The van der Waals surface area contributed by atoms with Crippen LogP contribution in [0.4, 0.5) is 13.2 Å². The fourth-order valence-corrected chi connectivity index (χ4v) is 2.47. The van der Waals surface area contributed by atoms with Gasteiger partial charge in [-0.1, -0.05) is 27.7 Å². The van der Waals surface area contributed by atoms with Gasteiger partial charge in [0.05, 0.1) is 6.61 Å². The zero-order valence-corrected chi connectivity index (χ0v) is 11.7. The van der Waals surface area contributed by atoms with Gasteiger partial charge in [0.1, 0.15) is 0 Å². The smallest absolute Gasteiger partial charge is 0.389 e. The molecule has 0 saturated carbocycles. The number of hydrogen-bond acceptors (Lipinski definition) is 2. The normalized spacial score (nSPS) is 14.0. The lowest BCUT2D eigenvalue weighted by Gasteiger charge is -2.35. The van der Waals surface area contributed by atoms with Crippen molar-refractivity contribution in [2.75, 3.05) is 19.8 Å². The van der Waals surface area contributed by atoms with E-state index in [9.17, 15) is 13.2 Å². The summed E-state index contributed by atoms with van der Waals surface area (Å²) in [6.07, 6.45) is -3.90. The molecule has 0 heterocycles.